The first-order chi connectivity index (χ1) is 16.1. The van der Waals surface area contributed by atoms with Crippen molar-refractivity contribution >= 4 is 22.5 Å². The number of carbonyl (C=O) groups is 1. The minimum atomic E-state index is -0.263. The van der Waals surface area contributed by atoms with Crippen molar-refractivity contribution in [2.45, 2.75) is 6.54 Å². The third-order valence-electron chi connectivity index (χ3n) is 6.30. The zero-order valence-corrected chi connectivity index (χ0v) is 18.6. The van der Waals surface area contributed by atoms with Gasteiger partial charge in [-0.3, -0.25) is 4.79 Å². The third-order valence-corrected chi connectivity index (χ3v) is 6.30. The Labute approximate surface area is 192 Å². The van der Waals surface area contributed by atoms with E-state index in [4.69, 9.17) is 4.74 Å². The molecule has 1 aliphatic heterocycles. The van der Waals surface area contributed by atoms with E-state index < -0.39 is 0 Å². The van der Waals surface area contributed by atoms with Gasteiger partial charge in [-0.2, -0.15) is 0 Å². The highest BCUT2D eigenvalue weighted by molar-refractivity contribution is 5.99. The van der Waals surface area contributed by atoms with Crippen LogP contribution in [0.1, 0.15) is 16.1 Å². The molecule has 1 saturated heterocycles. The van der Waals surface area contributed by atoms with Crippen LogP contribution in [-0.2, 0) is 6.54 Å². The first-order valence-electron chi connectivity index (χ1n) is 11.1. The summed E-state index contributed by atoms with van der Waals surface area (Å²) in [6.45, 7) is 3.04. The van der Waals surface area contributed by atoms with Gasteiger partial charge in [-0.1, -0.05) is 42.5 Å². The number of nitrogens with zero attached hydrogens (tertiary/aromatic N) is 3. The van der Waals surface area contributed by atoms with Gasteiger partial charge in [0.1, 0.15) is 17.3 Å². The van der Waals surface area contributed by atoms with E-state index in [2.05, 4.69) is 11.0 Å². The second-order valence-electron chi connectivity index (χ2n) is 8.25. The van der Waals surface area contributed by atoms with Crippen molar-refractivity contribution in [3.05, 3.63) is 95.9 Å². The lowest BCUT2D eigenvalue weighted by Crippen LogP contribution is -2.49. The van der Waals surface area contributed by atoms with E-state index in [9.17, 15) is 9.18 Å². The van der Waals surface area contributed by atoms with Crippen molar-refractivity contribution < 1.29 is 13.9 Å². The molecule has 0 unspecified atom stereocenters. The Morgan fingerprint density at radius 1 is 0.909 bits per heavy atom. The summed E-state index contributed by atoms with van der Waals surface area (Å²) in [7, 11) is 1.66. The molecule has 0 saturated carbocycles. The Morgan fingerprint density at radius 3 is 2.45 bits per heavy atom. The molecule has 1 amide bonds. The number of rotatable bonds is 5. The third kappa shape index (κ3) is 4.16. The van der Waals surface area contributed by atoms with E-state index in [-0.39, 0.29) is 11.7 Å². The monoisotopic (exact) mass is 443 g/mol. The topological polar surface area (TPSA) is 37.7 Å². The number of amides is 1. The van der Waals surface area contributed by atoms with E-state index >= 15 is 0 Å². The number of para-hydroxylation sites is 1. The van der Waals surface area contributed by atoms with Crippen molar-refractivity contribution in [3.8, 4) is 5.75 Å². The average Bonchev–Trinajstić information content (AvgIpc) is 3.23. The van der Waals surface area contributed by atoms with Gasteiger partial charge in [0.15, 0.2) is 0 Å². The Hall–Kier alpha value is -3.80. The Morgan fingerprint density at radius 2 is 1.67 bits per heavy atom. The van der Waals surface area contributed by atoms with Gasteiger partial charge in [-0.05, 0) is 30.3 Å². The summed E-state index contributed by atoms with van der Waals surface area (Å²) in [5, 5.41) is 0.979. The quantitative estimate of drug-likeness (QED) is 0.445. The molecule has 0 bridgehead atoms. The van der Waals surface area contributed by atoms with Crippen molar-refractivity contribution in [3.63, 3.8) is 0 Å². The van der Waals surface area contributed by atoms with Crippen LogP contribution in [0.2, 0.25) is 0 Å². The van der Waals surface area contributed by atoms with Gasteiger partial charge in [0.25, 0.3) is 5.91 Å². The molecule has 0 N–H and O–H groups in total. The molecule has 0 radical (unpaired) electrons. The molecule has 6 heteroatoms. The number of benzene rings is 3. The summed E-state index contributed by atoms with van der Waals surface area (Å²) >= 11 is 0. The largest absolute Gasteiger partial charge is 0.497 e. The first-order valence-corrected chi connectivity index (χ1v) is 11.1. The lowest BCUT2D eigenvalue weighted by molar-refractivity contribution is 0.0737. The molecule has 0 spiro atoms. The predicted octanol–water partition coefficient (Wildman–Crippen LogP) is 4.80. The van der Waals surface area contributed by atoms with Crippen LogP contribution in [0.15, 0.2) is 78.9 Å². The fraction of sp³-hybridized carbons (Fsp3) is 0.222. The van der Waals surface area contributed by atoms with Gasteiger partial charge in [0, 0.05) is 54.4 Å². The molecule has 4 aromatic rings. The van der Waals surface area contributed by atoms with Gasteiger partial charge in [0.2, 0.25) is 0 Å². The van der Waals surface area contributed by atoms with Gasteiger partial charge in [-0.15, -0.1) is 0 Å². The molecular formula is C27H26FN3O2. The number of aromatic nitrogens is 1. The lowest BCUT2D eigenvalue weighted by atomic mass is 10.2. The number of methoxy groups -OCH3 is 1. The predicted molar refractivity (Wildman–Crippen MR) is 129 cm³/mol. The second-order valence-corrected chi connectivity index (χ2v) is 8.25. The van der Waals surface area contributed by atoms with Crippen LogP contribution in [0.5, 0.6) is 5.75 Å². The smallest absolute Gasteiger partial charge is 0.270 e. The van der Waals surface area contributed by atoms with Crippen LogP contribution in [0.4, 0.5) is 10.1 Å². The number of carbonyl (C=O) groups excluding carboxylic acids is 1. The normalized spacial score (nSPS) is 14.0. The van der Waals surface area contributed by atoms with Gasteiger partial charge in [0.05, 0.1) is 13.7 Å². The highest BCUT2D eigenvalue weighted by atomic mass is 19.1. The molecule has 1 fully saturated rings. The number of halogens is 1. The van der Waals surface area contributed by atoms with Crippen LogP contribution in [0, 0.1) is 5.82 Å². The van der Waals surface area contributed by atoms with Crippen molar-refractivity contribution in [1.29, 1.82) is 0 Å². The Kier molecular flexibility index (Phi) is 5.73. The SMILES string of the molecule is COc1cccc(N2CCN(C(=O)c3cc4ccccc4n3Cc3ccccc3F)CC2)c1. The molecule has 1 aromatic heterocycles. The summed E-state index contributed by atoms with van der Waals surface area (Å²) in [5.41, 5.74) is 3.18. The number of fused-ring (bicyclic) bond motifs is 1. The van der Waals surface area contributed by atoms with E-state index in [0.717, 1.165) is 35.4 Å². The van der Waals surface area contributed by atoms with Crippen LogP contribution in [-0.4, -0.2) is 48.7 Å². The van der Waals surface area contributed by atoms with Gasteiger partial charge < -0.3 is 19.1 Å². The zero-order chi connectivity index (χ0) is 22.8. The maximum atomic E-state index is 14.4. The van der Waals surface area contributed by atoms with Gasteiger partial charge in [-0.25, -0.2) is 4.39 Å². The molecule has 168 valence electrons. The number of hydrogen-bond acceptors (Lipinski definition) is 3. The maximum Gasteiger partial charge on any atom is 0.270 e. The highest BCUT2D eigenvalue weighted by Crippen LogP contribution is 2.25. The molecule has 33 heavy (non-hydrogen) atoms. The molecule has 0 atom stereocenters. The fourth-order valence-corrected chi connectivity index (χ4v) is 4.49. The lowest BCUT2D eigenvalue weighted by Gasteiger charge is -2.36. The molecule has 1 aliphatic rings. The second kappa shape index (κ2) is 8.98. The molecule has 5 nitrogen and oxygen atoms in total. The fourth-order valence-electron chi connectivity index (χ4n) is 4.49. The van der Waals surface area contributed by atoms with E-state index in [1.54, 1.807) is 19.2 Å². The van der Waals surface area contributed by atoms with Crippen LogP contribution < -0.4 is 9.64 Å². The minimum Gasteiger partial charge on any atom is -0.497 e. The molecule has 5 rings (SSSR count). The number of anilines is 1. The van der Waals surface area contributed by atoms with Gasteiger partial charge >= 0.3 is 0 Å². The van der Waals surface area contributed by atoms with E-state index in [1.165, 1.54) is 6.07 Å². The highest BCUT2D eigenvalue weighted by Gasteiger charge is 2.26. The van der Waals surface area contributed by atoms with Crippen LogP contribution >= 0.6 is 0 Å². The molecular weight excluding hydrogens is 417 g/mol. The van der Waals surface area contributed by atoms with Crippen molar-refractivity contribution in [2.24, 2.45) is 0 Å². The van der Waals surface area contributed by atoms with Crippen LogP contribution in [0.25, 0.3) is 10.9 Å². The summed E-state index contributed by atoms with van der Waals surface area (Å²) in [4.78, 5) is 17.7. The van der Waals surface area contributed by atoms with Crippen molar-refractivity contribution in [1.82, 2.24) is 9.47 Å². The number of hydrogen-bond donors (Lipinski definition) is 0. The first kappa shape index (κ1) is 21.1. The summed E-state index contributed by atoms with van der Waals surface area (Å²) in [6, 6.07) is 24.5. The standard InChI is InChI=1S/C27H26FN3O2/c1-33-23-10-6-9-22(18-23)29-13-15-30(16-14-29)27(32)26-17-20-7-3-5-12-25(20)31(26)19-21-8-2-4-11-24(21)28/h2-12,17-18H,13-16,19H2,1H3. The number of piperazine rings is 1. The number of ether oxygens (including phenoxy) is 1. The Balaban J connectivity index is 1.39. The molecule has 3 aromatic carbocycles. The minimum absolute atomic E-state index is 0.0205. The molecule has 0 aliphatic carbocycles. The Bertz CT molecular complexity index is 1290. The summed E-state index contributed by atoms with van der Waals surface area (Å²) in [6.07, 6.45) is 0. The summed E-state index contributed by atoms with van der Waals surface area (Å²) < 4.78 is 21.7. The van der Waals surface area contributed by atoms with E-state index in [0.29, 0.717) is 30.9 Å². The van der Waals surface area contributed by atoms with Crippen molar-refractivity contribution in [2.75, 3.05) is 38.2 Å². The van der Waals surface area contributed by atoms with Crippen LogP contribution in [0.3, 0.4) is 0 Å². The zero-order valence-electron chi connectivity index (χ0n) is 18.6. The average molecular weight is 444 g/mol. The van der Waals surface area contributed by atoms with E-state index in [1.807, 2.05) is 64.1 Å². The maximum absolute atomic E-state index is 14.4. The summed E-state index contributed by atoms with van der Waals surface area (Å²) in [5.74, 6) is 0.539. The molecule has 2 heterocycles.